The summed E-state index contributed by atoms with van der Waals surface area (Å²) in [7, 11) is 0. The number of carbonyl (C=O) groups is 1. The number of nitrogens with zero attached hydrogens (tertiary/aromatic N) is 1. The fourth-order valence-electron chi connectivity index (χ4n) is 1.78. The number of aliphatic carboxylic acids is 1. The molecule has 0 aliphatic carbocycles. The van der Waals surface area contributed by atoms with E-state index in [1.54, 1.807) is 6.08 Å². The molecule has 96 valence electrons. The molecule has 0 heterocycles. The maximum absolute atomic E-state index is 10.5. The quantitative estimate of drug-likeness (QED) is 0.618. The molecule has 0 atom stereocenters. The zero-order valence-electron chi connectivity index (χ0n) is 10.9. The van der Waals surface area contributed by atoms with E-state index in [1.807, 2.05) is 25.1 Å². The van der Waals surface area contributed by atoms with Crippen molar-refractivity contribution in [1.29, 1.82) is 0 Å². The van der Waals surface area contributed by atoms with Crippen molar-refractivity contribution in [3.05, 3.63) is 48.1 Å². The van der Waals surface area contributed by atoms with Crippen LogP contribution in [-0.4, -0.2) is 24.2 Å². The van der Waals surface area contributed by atoms with Gasteiger partial charge in [-0.1, -0.05) is 12.1 Å². The van der Waals surface area contributed by atoms with Gasteiger partial charge in [0.1, 0.15) is 0 Å². The largest absolute Gasteiger partial charge is 0.478 e. The first-order valence-electron chi connectivity index (χ1n) is 5.96. The van der Waals surface area contributed by atoms with Crippen molar-refractivity contribution >= 4 is 17.7 Å². The lowest BCUT2D eigenvalue weighted by Gasteiger charge is -2.22. The van der Waals surface area contributed by atoms with Crippen molar-refractivity contribution in [3.8, 4) is 0 Å². The Morgan fingerprint density at radius 2 is 2.22 bits per heavy atom. The molecule has 0 spiro atoms. The van der Waals surface area contributed by atoms with Gasteiger partial charge in [0.25, 0.3) is 0 Å². The van der Waals surface area contributed by atoms with E-state index >= 15 is 0 Å². The average molecular weight is 245 g/mol. The van der Waals surface area contributed by atoms with Gasteiger partial charge in [0.15, 0.2) is 0 Å². The highest BCUT2D eigenvalue weighted by Gasteiger charge is 2.04. The van der Waals surface area contributed by atoms with Crippen LogP contribution in [0.4, 0.5) is 5.69 Å². The Bertz CT molecular complexity index is 464. The fraction of sp³-hybridized carbons (Fsp3) is 0.267. The number of carboxylic acid groups (broad SMARTS) is 1. The van der Waals surface area contributed by atoms with Gasteiger partial charge in [0.05, 0.1) is 0 Å². The van der Waals surface area contributed by atoms with Gasteiger partial charge in [-0.15, -0.1) is 6.58 Å². The maximum atomic E-state index is 10.5. The van der Waals surface area contributed by atoms with Crippen LogP contribution in [-0.2, 0) is 4.79 Å². The van der Waals surface area contributed by atoms with E-state index < -0.39 is 5.97 Å². The minimum absolute atomic E-state index is 0.806. The number of aryl methyl sites for hydroxylation is 1. The number of benzene rings is 1. The molecular formula is C15H19NO2. The van der Waals surface area contributed by atoms with Crippen LogP contribution in [0.25, 0.3) is 6.08 Å². The molecule has 0 saturated carbocycles. The molecule has 0 amide bonds. The van der Waals surface area contributed by atoms with Crippen LogP contribution in [0.5, 0.6) is 0 Å². The van der Waals surface area contributed by atoms with E-state index in [2.05, 4.69) is 24.5 Å². The summed E-state index contributed by atoms with van der Waals surface area (Å²) in [6, 6.07) is 6.01. The van der Waals surface area contributed by atoms with E-state index in [9.17, 15) is 4.79 Å². The predicted octanol–water partition coefficient (Wildman–Crippen LogP) is 3.11. The third-order valence-corrected chi connectivity index (χ3v) is 2.76. The molecule has 1 rings (SSSR count). The summed E-state index contributed by atoms with van der Waals surface area (Å²) in [6.45, 7) is 9.54. The molecule has 0 aliphatic rings. The number of rotatable bonds is 6. The lowest BCUT2D eigenvalue weighted by molar-refractivity contribution is -0.131. The molecule has 0 aromatic heterocycles. The first-order valence-corrected chi connectivity index (χ1v) is 5.96. The third kappa shape index (κ3) is 3.77. The van der Waals surface area contributed by atoms with Gasteiger partial charge in [-0.3, -0.25) is 0 Å². The lowest BCUT2D eigenvalue weighted by atomic mass is 10.1. The summed E-state index contributed by atoms with van der Waals surface area (Å²) in [4.78, 5) is 12.7. The summed E-state index contributed by atoms with van der Waals surface area (Å²) < 4.78 is 0. The van der Waals surface area contributed by atoms with E-state index in [1.165, 1.54) is 0 Å². The van der Waals surface area contributed by atoms with Gasteiger partial charge in [0, 0.05) is 24.9 Å². The van der Waals surface area contributed by atoms with E-state index in [-0.39, 0.29) is 0 Å². The molecule has 0 bridgehead atoms. The summed E-state index contributed by atoms with van der Waals surface area (Å²) in [6.07, 6.45) is 4.64. The first-order chi connectivity index (χ1) is 8.58. The van der Waals surface area contributed by atoms with Crippen molar-refractivity contribution in [1.82, 2.24) is 0 Å². The minimum Gasteiger partial charge on any atom is -0.478 e. The van der Waals surface area contributed by atoms with Crippen molar-refractivity contribution < 1.29 is 9.90 Å². The van der Waals surface area contributed by atoms with E-state index in [4.69, 9.17) is 5.11 Å². The minimum atomic E-state index is -0.930. The van der Waals surface area contributed by atoms with Crippen molar-refractivity contribution in [2.75, 3.05) is 18.0 Å². The Labute approximate surface area is 108 Å². The molecule has 1 aromatic carbocycles. The molecule has 0 saturated heterocycles. The maximum Gasteiger partial charge on any atom is 0.328 e. The van der Waals surface area contributed by atoms with Gasteiger partial charge in [-0.05, 0) is 43.2 Å². The van der Waals surface area contributed by atoms with Crippen LogP contribution in [0.3, 0.4) is 0 Å². The molecule has 3 nitrogen and oxygen atoms in total. The molecule has 0 aliphatic heterocycles. The van der Waals surface area contributed by atoms with Crippen molar-refractivity contribution in [2.24, 2.45) is 0 Å². The van der Waals surface area contributed by atoms with Gasteiger partial charge in [-0.2, -0.15) is 0 Å². The smallest absolute Gasteiger partial charge is 0.328 e. The van der Waals surface area contributed by atoms with Crippen LogP contribution in [0.15, 0.2) is 36.9 Å². The zero-order valence-corrected chi connectivity index (χ0v) is 10.9. The zero-order chi connectivity index (χ0) is 13.5. The second kappa shape index (κ2) is 6.64. The monoisotopic (exact) mass is 245 g/mol. The Morgan fingerprint density at radius 3 is 2.72 bits per heavy atom. The number of hydrogen-bond acceptors (Lipinski definition) is 2. The molecule has 3 heteroatoms. The Kier molecular flexibility index (Phi) is 5.18. The fourth-order valence-corrected chi connectivity index (χ4v) is 1.78. The Balaban J connectivity index is 2.97. The summed E-state index contributed by atoms with van der Waals surface area (Å²) >= 11 is 0. The van der Waals surface area contributed by atoms with Gasteiger partial charge in [-0.25, -0.2) is 4.79 Å². The van der Waals surface area contributed by atoms with Gasteiger partial charge >= 0.3 is 5.97 Å². The molecule has 0 fully saturated rings. The molecular weight excluding hydrogens is 226 g/mol. The van der Waals surface area contributed by atoms with Gasteiger partial charge in [0.2, 0.25) is 0 Å². The van der Waals surface area contributed by atoms with E-state index in [0.29, 0.717) is 0 Å². The molecule has 18 heavy (non-hydrogen) atoms. The standard InChI is InChI=1S/C15H19NO2/c1-4-10-16(5-2)14-8-6-13(12(3)11-14)7-9-15(17)18/h4,6-9,11H,1,5,10H2,2-3H3,(H,17,18)/b9-7+. The highest BCUT2D eigenvalue weighted by molar-refractivity contribution is 5.85. The summed E-state index contributed by atoms with van der Waals surface area (Å²) in [5.41, 5.74) is 3.12. The molecule has 1 aromatic rings. The number of anilines is 1. The summed E-state index contributed by atoms with van der Waals surface area (Å²) in [5, 5.41) is 8.61. The van der Waals surface area contributed by atoms with Crippen LogP contribution in [0.1, 0.15) is 18.1 Å². The van der Waals surface area contributed by atoms with Crippen LogP contribution in [0, 0.1) is 6.92 Å². The van der Waals surface area contributed by atoms with Gasteiger partial charge < -0.3 is 10.0 Å². The van der Waals surface area contributed by atoms with Crippen LogP contribution < -0.4 is 4.90 Å². The molecule has 1 N–H and O–H groups in total. The van der Waals surface area contributed by atoms with Crippen LogP contribution >= 0.6 is 0 Å². The number of likely N-dealkylation sites (N-methyl/N-ethyl adjacent to an activating group) is 1. The summed E-state index contributed by atoms with van der Waals surface area (Å²) in [5.74, 6) is -0.930. The first kappa shape index (κ1) is 14.0. The van der Waals surface area contributed by atoms with Crippen molar-refractivity contribution in [3.63, 3.8) is 0 Å². The Hall–Kier alpha value is -2.03. The molecule has 0 radical (unpaired) electrons. The number of hydrogen-bond donors (Lipinski definition) is 1. The highest BCUT2D eigenvalue weighted by Crippen LogP contribution is 2.20. The lowest BCUT2D eigenvalue weighted by Crippen LogP contribution is -2.22. The SMILES string of the molecule is C=CCN(CC)c1ccc(/C=C/C(=O)O)c(C)c1. The topological polar surface area (TPSA) is 40.5 Å². The second-order valence-electron chi connectivity index (χ2n) is 4.04. The average Bonchev–Trinajstić information content (AvgIpc) is 2.34. The van der Waals surface area contributed by atoms with Crippen molar-refractivity contribution in [2.45, 2.75) is 13.8 Å². The molecule has 0 unspecified atom stereocenters. The van der Waals surface area contributed by atoms with E-state index in [0.717, 1.165) is 36.0 Å². The van der Waals surface area contributed by atoms with Crippen LogP contribution in [0.2, 0.25) is 0 Å². The second-order valence-corrected chi connectivity index (χ2v) is 4.04. The normalized spacial score (nSPS) is 10.6. The predicted molar refractivity (Wildman–Crippen MR) is 75.9 cm³/mol. The number of carboxylic acids is 1. The highest BCUT2D eigenvalue weighted by atomic mass is 16.4. The third-order valence-electron chi connectivity index (χ3n) is 2.76. The Morgan fingerprint density at radius 1 is 1.50 bits per heavy atom.